The molecule has 2 nitrogen and oxygen atoms in total. The molecule has 0 radical (unpaired) electrons. The summed E-state index contributed by atoms with van der Waals surface area (Å²) in [6, 6.07) is 8.71. The number of hydrogen-bond acceptors (Lipinski definition) is 2. The molecule has 1 N–H and O–H groups in total. The Morgan fingerprint density at radius 1 is 0.926 bits per heavy atom. The maximum Gasteiger partial charge on any atom is 0.417 e. The molecule has 2 aromatic rings. The summed E-state index contributed by atoms with van der Waals surface area (Å²) in [6.45, 7) is 3.04. The summed E-state index contributed by atoms with van der Waals surface area (Å²) < 4.78 is 40.1. The van der Waals surface area contributed by atoms with E-state index < -0.39 is 17.8 Å². The number of nitrogens with zero attached hydrogens (tertiary/aromatic N) is 1. The quantitative estimate of drug-likeness (QED) is 0.629. The zero-order chi connectivity index (χ0) is 19.6. The van der Waals surface area contributed by atoms with E-state index in [0.717, 1.165) is 37.7 Å². The molecule has 0 saturated carbocycles. The van der Waals surface area contributed by atoms with E-state index in [4.69, 9.17) is 34.8 Å². The second-order valence-electron chi connectivity index (χ2n) is 6.44. The zero-order valence-corrected chi connectivity index (χ0v) is 16.6. The average Bonchev–Trinajstić information content (AvgIpc) is 2.86. The third kappa shape index (κ3) is 4.90. The second kappa shape index (κ2) is 8.58. The summed E-state index contributed by atoms with van der Waals surface area (Å²) in [7, 11) is 0. The smallest absolute Gasteiger partial charge is 0.315 e. The fourth-order valence-electron chi connectivity index (χ4n) is 3.37. The molecule has 1 unspecified atom stereocenters. The summed E-state index contributed by atoms with van der Waals surface area (Å²) in [4.78, 5) is 2.14. The molecular formula is C19H18Cl3F3N2. The highest BCUT2D eigenvalue weighted by Gasteiger charge is 2.35. The van der Waals surface area contributed by atoms with Gasteiger partial charge in [0.05, 0.1) is 16.6 Å². The van der Waals surface area contributed by atoms with Gasteiger partial charge in [-0.3, -0.25) is 4.90 Å². The summed E-state index contributed by atoms with van der Waals surface area (Å²) in [5.74, 6) is 0. The van der Waals surface area contributed by atoms with Gasteiger partial charge in [-0.1, -0.05) is 46.9 Å². The van der Waals surface area contributed by atoms with Crippen molar-refractivity contribution in [2.45, 2.75) is 18.6 Å². The molecule has 0 spiro atoms. The lowest BCUT2D eigenvalue weighted by Gasteiger charge is -2.32. The molecule has 0 aromatic heterocycles. The van der Waals surface area contributed by atoms with Crippen molar-refractivity contribution in [3.8, 4) is 0 Å². The SMILES string of the molecule is FC(F)(F)c1cc(C(c2ccc(Cl)cc2Cl)N2CCCNCC2)ccc1Cl. The van der Waals surface area contributed by atoms with Crippen LogP contribution in [0.4, 0.5) is 13.2 Å². The molecule has 1 atom stereocenters. The average molecular weight is 438 g/mol. The molecule has 1 heterocycles. The molecule has 1 aliphatic heterocycles. The minimum Gasteiger partial charge on any atom is -0.315 e. The summed E-state index contributed by atoms with van der Waals surface area (Å²) in [5, 5.41) is 3.89. The zero-order valence-electron chi connectivity index (χ0n) is 14.3. The first-order chi connectivity index (χ1) is 12.8. The van der Waals surface area contributed by atoms with E-state index in [0.29, 0.717) is 22.2 Å². The van der Waals surface area contributed by atoms with E-state index in [-0.39, 0.29) is 5.02 Å². The van der Waals surface area contributed by atoms with E-state index in [1.54, 1.807) is 24.3 Å². The van der Waals surface area contributed by atoms with E-state index in [9.17, 15) is 13.2 Å². The number of benzene rings is 2. The number of halogens is 6. The van der Waals surface area contributed by atoms with Crippen LogP contribution in [0.5, 0.6) is 0 Å². The van der Waals surface area contributed by atoms with Gasteiger partial charge in [0, 0.05) is 29.7 Å². The monoisotopic (exact) mass is 436 g/mol. The highest BCUT2D eigenvalue weighted by Crippen LogP contribution is 2.40. The van der Waals surface area contributed by atoms with Crippen LogP contribution in [0, 0.1) is 0 Å². The molecule has 3 rings (SSSR count). The van der Waals surface area contributed by atoms with Crippen molar-refractivity contribution in [3.63, 3.8) is 0 Å². The lowest BCUT2D eigenvalue weighted by Crippen LogP contribution is -2.33. The Morgan fingerprint density at radius 3 is 2.41 bits per heavy atom. The van der Waals surface area contributed by atoms with Crippen LogP contribution in [0.2, 0.25) is 15.1 Å². The largest absolute Gasteiger partial charge is 0.417 e. The van der Waals surface area contributed by atoms with Gasteiger partial charge in [0.2, 0.25) is 0 Å². The van der Waals surface area contributed by atoms with E-state index >= 15 is 0 Å². The first kappa shape index (κ1) is 20.7. The maximum atomic E-state index is 13.4. The van der Waals surface area contributed by atoms with Crippen LogP contribution in [-0.2, 0) is 6.18 Å². The van der Waals surface area contributed by atoms with Gasteiger partial charge in [-0.05, 0) is 48.4 Å². The van der Waals surface area contributed by atoms with E-state index in [1.807, 2.05) is 0 Å². The third-order valence-electron chi connectivity index (χ3n) is 4.61. The molecule has 0 bridgehead atoms. The summed E-state index contributed by atoms with van der Waals surface area (Å²) in [5.41, 5.74) is 0.376. The number of hydrogen-bond donors (Lipinski definition) is 1. The van der Waals surface area contributed by atoms with Gasteiger partial charge >= 0.3 is 6.18 Å². The molecule has 8 heteroatoms. The van der Waals surface area contributed by atoms with Crippen LogP contribution in [0.3, 0.4) is 0 Å². The number of nitrogens with one attached hydrogen (secondary N) is 1. The van der Waals surface area contributed by atoms with Crippen LogP contribution >= 0.6 is 34.8 Å². The summed E-state index contributed by atoms with van der Waals surface area (Å²) >= 11 is 18.2. The normalized spacial score (nSPS) is 17.6. The van der Waals surface area contributed by atoms with Crippen molar-refractivity contribution in [1.82, 2.24) is 10.2 Å². The number of rotatable bonds is 3. The van der Waals surface area contributed by atoms with E-state index in [2.05, 4.69) is 10.2 Å². The molecule has 2 aromatic carbocycles. The Hall–Kier alpha value is -0.980. The topological polar surface area (TPSA) is 15.3 Å². The number of alkyl halides is 3. The van der Waals surface area contributed by atoms with Crippen LogP contribution in [-0.4, -0.2) is 31.1 Å². The van der Waals surface area contributed by atoms with Crippen LogP contribution in [0.1, 0.15) is 29.2 Å². The van der Waals surface area contributed by atoms with Crippen molar-refractivity contribution in [3.05, 3.63) is 68.2 Å². The molecule has 0 amide bonds. The minimum absolute atomic E-state index is 0.315. The minimum atomic E-state index is -4.53. The Balaban J connectivity index is 2.12. The van der Waals surface area contributed by atoms with Crippen LogP contribution in [0.15, 0.2) is 36.4 Å². The lowest BCUT2D eigenvalue weighted by molar-refractivity contribution is -0.137. The van der Waals surface area contributed by atoms with Gasteiger partial charge in [0.25, 0.3) is 0 Å². The Morgan fingerprint density at radius 2 is 1.70 bits per heavy atom. The van der Waals surface area contributed by atoms with Gasteiger partial charge in [-0.25, -0.2) is 0 Å². The Labute approximate surface area is 171 Å². The van der Waals surface area contributed by atoms with Gasteiger partial charge in [0.1, 0.15) is 0 Å². The van der Waals surface area contributed by atoms with Crippen LogP contribution < -0.4 is 5.32 Å². The van der Waals surface area contributed by atoms with Gasteiger partial charge in [-0.2, -0.15) is 13.2 Å². The third-order valence-corrected chi connectivity index (χ3v) is 5.50. The van der Waals surface area contributed by atoms with Crippen molar-refractivity contribution < 1.29 is 13.2 Å². The summed E-state index contributed by atoms with van der Waals surface area (Å²) in [6.07, 6.45) is -3.64. The van der Waals surface area contributed by atoms with Gasteiger partial charge in [-0.15, -0.1) is 0 Å². The van der Waals surface area contributed by atoms with Crippen LogP contribution in [0.25, 0.3) is 0 Å². The molecular weight excluding hydrogens is 420 g/mol. The molecule has 27 heavy (non-hydrogen) atoms. The standard InChI is InChI=1S/C19H18Cl3F3N2/c20-13-3-4-14(17(22)11-13)18(27-8-1-6-26-7-9-27)12-2-5-16(21)15(10-12)19(23,24)25/h2-5,10-11,18,26H,1,6-9H2. The lowest BCUT2D eigenvalue weighted by atomic mass is 9.95. The van der Waals surface area contributed by atoms with Crippen molar-refractivity contribution >= 4 is 34.8 Å². The fourth-order valence-corrected chi connectivity index (χ4v) is 4.10. The van der Waals surface area contributed by atoms with Crippen molar-refractivity contribution in [2.75, 3.05) is 26.2 Å². The second-order valence-corrected chi connectivity index (χ2v) is 7.70. The van der Waals surface area contributed by atoms with E-state index in [1.165, 1.54) is 6.07 Å². The molecule has 0 aliphatic carbocycles. The fraction of sp³-hybridized carbons (Fsp3) is 0.368. The molecule has 1 saturated heterocycles. The first-order valence-corrected chi connectivity index (χ1v) is 9.67. The van der Waals surface area contributed by atoms with Crippen molar-refractivity contribution in [2.24, 2.45) is 0 Å². The Bertz CT molecular complexity index is 803. The highest BCUT2D eigenvalue weighted by molar-refractivity contribution is 6.35. The molecule has 146 valence electrons. The molecule has 1 aliphatic rings. The predicted octanol–water partition coefficient (Wildman–Crippen LogP) is 6.05. The van der Waals surface area contributed by atoms with Gasteiger partial charge in [0.15, 0.2) is 0 Å². The maximum absolute atomic E-state index is 13.4. The highest BCUT2D eigenvalue weighted by atomic mass is 35.5. The van der Waals surface area contributed by atoms with Gasteiger partial charge < -0.3 is 5.32 Å². The molecule has 1 fully saturated rings. The predicted molar refractivity (Wildman–Crippen MR) is 104 cm³/mol. The Kier molecular flexibility index (Phi) is 6.59. The first-order valence-electron chi connectivity index (χ1n) is 8.54. The van der Waals surface area contributed by atoms with Crippen molar-refractivity contribution in [1.29, 1.82) is 0 Å².